The van der Waals surface area contributed by atoms with Crippen LogP contribution >= 0.6 is 0 Å². The van der Waals surface area contributed by atoms with E-state index in [1.54, 1.807) is 31.4 Å². The highest BCUT2D eigenvalue weighted by molar-refractivity contribution is 5.66. The molecule has 0 amide bonds. The first kappa shape index (κ1) is 10.9. The molecule has 84 valence electrons. The summed E-state index contributed by atoms with van der Waals surface area (Å²) in [5, 5.41) is 15.1. The van der Waals surface area contributed by atoms with Gasteiger partial charge in [0.1, 0.15) is 17.5 Å². The summed E-state index contributed by atoms with van der Waals surface area (Å²) in [6.07, 6.45) is 0. The van der Waals surface area contributed by atoms with E-state index in [0.717, 1.165) is 11.3 Å². The molecular weight excluding hydrogens is 218 g/mol. The third kappa shape index (κ3) is 2.16. The van der Waals surface area contributed by atoms with Crippen LogP contribution in [-0.2, 0) is 0 Å². The third-order valence-electron chi connectivity index (χ3n) is 2.29. The molecule has 2 aromatic rings. The van der Waals surface area contributed by atoms with Crippen molar-refractivity contribution in [2.24, 2.45) is 0 Å². The van der Waals surface area contributed by atoms with E-state index >= 15 is 0 Å². The maximum absolute atomic E-state index is 11.0. The standard InChI is InChI=1S/C12H9N3O2/c1-17-10-4-2-8(3-5-10)12-9(7-13)6-11(16)14-15-12/h2-6H,1H3,(H,14,16). The van der Waals surface area contributed by atoms with Crippen molar-refractivity contribution < 1.29 is 4.74 Å². The van der Waals surface area contributed by atoms with Gasteiger partial charge in [-0.05, 0) is 24.3 Å². The zero-order valence-corrected chi connectivity index (χ0v) is 9.10. The molecule has 0 saturated heterocycles. The van der Waals surface area contributed by atoms with Crippen LogP contribution in [0, 0.1) is 11.3 Å². The lowest BCUT2D eigenvalue weighted by Crippen LogP contribution is -2.08. The van der Waals surface area contributed by atoms with Crippen LogP contribution in [0.25, 0.3) is 11.3 Å². The van der Waals surface area contributed by atoms with Crippen LogP contribution < -0.4 is 10.3 Å². The Morgan fingerprint density at radius 3 is 2.65 bits per heavy atom. The number of nitrogens with one attached hydrogen (secondary N) is 1. The molecule has 0 bridgehead atoms. The summed E-state index contributed by atoms with van der Waals surface area (Å²) in [5.74, 6) is 0.719. The van der Waals surface area contributed by atoms with Crippen LogP contribution in [0.1, 0.15) is 5.56 Å². The predicted molar refractivity (Wildman–Crippen MR) is 61.6 cm³/mol. The van der Waals surface area contributed by atoms with Crippen molar-refractivity contribution in [1.29, 1.82) is 5.26 Å². The average Bonchev–Trinajstić information content (AvgIpc) is 2.39. The zero-order valence-electron chi connectivity index (χ0n) is 9.10. The number of nitrogens with zero attached hydrogens (tertiary/aromatic N) is 2. The van der Waals surface area contributed by atoms with Gasteiger partial charge in [-0.25, -0.2) is 5.10 Å². The van der Waals surface area contributed by atoms with Gasteiger partial charge >= 0.3 is 0 Å². The maximum atomic E-state index is 11.0. The highest BCUT2D eigenvalue weighted by atomic mass is 16.5. The van der Waals surface area contributed by atoms with Gasteiger partial charge in [0.05, 0.1) is 12.7 Å². The second-order valence-corrected chi connectivity index (χ2v) is 3.33. The van der Waals surface area contributed by atoms with E-state index in [1.807, 2.05) is 6.07 Å². The highest BCUT2D eigenvalue weighted by Gasteiger charge is 2.07. The van der Waals surface area contributed by atoms with E-state index in [2.05, 4.69) is 10.2 Å². The van der Waals surface area contributed by atoms with E-state index in [-0.39, 0.29) is 11.1 Å². The zero-order chi connectivity index (χ0) is 12.3. The second kappa shape index (κ2) is 4.49. The molecule has 0 fully saturated rings. The summed E-state index contributed by atoms with van der Waals surface area (Å²) >= 11 is 0. The SMILES string of the molecule is COc1ccc(-c2n[nH]c(=O)cc2C#N)cc1. The molecule has 2 rings (SSSR count). The molecule has 0 unspecified atom stereocenters. The minimum atomic E-state index is -0.390. The van der Waals surface area contributed by atoms with Crippen molar-refractivity contribution in [1.82, 2.24) is 10.2 Å². The van der Waals surface area contributed by atoms with E-state index in [0.29, 0.717) is 5.69 Å². The molecule has 1 aromatic heterocycles. The fourth-order valence-corrected chi connectivity index (χ4v) is 1.46. The minimum Gasteiger partial charge on any atom is -0.497 e. The number of benzene rings is 1. The molecule has 5 heteroatoms. The highest BCUT2D eigenvalue weighted by Crippen LogP contribution is 2.21. The van der Waals surface area contributed by atoms with Crippen molar-refractivity contribution in [3.63, 3.8) is 0 Å². The molecule has 0 atom stereocenters. The largest absolute Gasteiger partial charge is 0.497 e. The quantitative estimate of drug-likeness (QED) is 0.839. The predicted octanol–water partition coefficient (Wildman–Crippen LogP) is 1.32. The van der Waals surface area contributed by atoms with E-state index in [4.69, 9.17) is 10.00 Å². The summed E-state index contributed by atoms with van der Waals surface area (Å²) in [7, 11) is 1.58. The molecule has 17 heavy (non-hydrogen) atoms. The number of nitriles is 1. The molecule has 0 aliphatic rings. The second-order valence-electron chi connectivity index (χ2n) is 3.33. The number of H-pyrrole nitrogens is 1. The molecule has 0 aliphatic heterocycles. The Morgan fingerprint density at radius 2 is 2.06 bits per heavy atom. The van der Waals surface area contributed by atoms with Gasteiger partial charge in [-0.2, -0.15) is 10.4 Å². The van der Waals surface area contributed by atoms with Gasteiger partial charge in [-0.3, -0.25) is 4.79 Å². The third-order valence-corrected chi connectivity index (χ3v) is 2.29. The van der Waals surface area contributed by atoms with Crippen molar-refractivity contribution in [2.45, 2.75) is 0 Å². The Kier molecular flexibility index (Phi) is 2.88. The monoisotopic (exact) mass is 227 g/mol. The lowest BCUT2D eigenvalue weighted by atomic mass is 10.1. The molecule has 5 nitrogen and oxygen atoms in total. The number of methoxy groups -OCH3 is 1. The molecule has 1 heterocycles. The molecule has 1 N–H and O–H groups in total. The fourth-order valence-electron chi connectivity index (χ4n) is 1.46. The van der Waals surface area contributed by atoms with Crippen LogP contribution in [0.4, 0.5) is 0 Å². The van der Waals surface area contributed by atoms with E-state index < -0.39 is 0 Å². The van der Waals surface area contributed by atoms with Crippen molar-refractivity contribution in [3.8, 4) is 23.1 Å². The van der Waals surface area contributed by atoms with Crippen LogP contribution in [0.15, 0.2) is 35.1 Å². The first-order valence-corrected chi connectivity index (χ1v) is 4.89. The van der Waals surface area contributed by atoms with Gasteiger partial charge < -0.3 is 4.74 Å². The first-order valence-electron chi connectivity index (χ1n) is 4.89. The van der Waals surface area contributed by atoms with Gasteiger partial charge in [-0.1, -0.05) is 0 Å². The summed E-state index contributed by atoms with van der Waals surface area (Å²) in [4.78, 5) is 11.0. The maximum Gasteiger partial charge on any atom is 0.265 e. The first-order chi connectivity index (χ1) is 8.24. The topological polar surface area (TPSA) is 78.8 Å². The molecular formula is C12H9N3O2. The van der Waals surface area contributed by atoms with Gasteiger partial charge in [0.15, 0.2) is 0 Å². The molecule has 0 saturated carbocycles. The summed E-state index contributed by atoms with van der Waals surface area (Å²) in [6.45, 7) is 0. The summed E-state index contributed by atoms with van der Waals surface area (Å²) in [6, 6.07) is 10.3. The van der Waals surface area contributed by atoms with E-state index in [9.17, 15) is 4.79 Å². The van der Waals surface area contributed by atoms with Crippen LogP contribution in [0.5, 0.6) is 5.75 Å². The Bertz CT molecular complexity index is 623. The number of hydrogen-bond donors (Lipinski definition) is 1. The van der Waals surface area contributed by atoms with Gasteiger partial charge in [0.25, 0.3) is 5.56 Å². The van der Waals surface area contributed by atoms with E-state index in [1.165, 1.54) is 6.07 Å². The number of ether oxygens (including phenoxy) is 1. The van der Waals surface area contributed by atoms with Crippen LogP contribution in [-0.4, -0.2) is 17.3 Å². The number of aromatic amines is 1. The summed E-state index contributed by atoms with van der Waals surface area (Å²) < 4.78 is 5.04. The minimum absolute atomic E-state index is 0.249. The van der Waals surface area contributed by atoms with Crippen molar-refractivity contribution in [3.05, 3.63) is 46.2 Å². The van der Waals surface area contributed by atoms with Crippen molar-refractivity contribution >= 4 is 0 Å². The summed E-state index contributed by atoms with van der Waals surface area (Å²) in [5.41, 5.74) is 1.06. The number of hydrogen-bond acceptors (Lipinski definition) is 4. The lowest BCUT2D eigenvalue weighted by molar-refractivity contribution is 0.415. The normalized spacial score (nSPS) is 9.65. The Balaban J connectivity index is 2.53. The smallest absolute Gasteiger partial charge is 0.265 e. The Morgan fingerprint density at radius 1 is 1.35 bits per heavy atom. The van der Waals surface area contributed by atoms with Crippen molar-refractivity contribution in [2.75, 3.05) is 7.11 Å². The molecule has 0 spiro atoms. The van der Waals surface area contributed by atoms with Gasteiger partial charge in [0.2, 0.25) is 0 Å². The van der Waals surface area contributed by atoms with Gasteiger partial charge in [0, 0.05) is 11.6 Å². The van der Waals surface area contributed by atoms with Crippen LogP contribution in [0.3, 0.4) is 0 Å². The molecule has 0 aliphatic carbocycles. The fraction of sp³-hybridized carbons (Fsp3) is 0.0833. The van der Waals surface area contributed by atoms with Crippen LogP contribution in [0.2, 0.25) is 0 Å². The Hall–Kier alpha value is -2.61. The number of aromatic nitrogens is 2. The molecule has 0 radical (unpaired) electrons. The molecule has 1 aromatic carbocycles. The Labute approximate surface area is 97.3 Å². The lowest BCUT2D eigenvalue weighted by Gasteiger charge is -2.03. The number of rotatable bonds is 2. The van der Waals surface area contributed by atoms with Gasteiger partial charge in [-0.15, -0.1) is 0 Å². The average molecular weight is 227 g/mol.